The molecule has 0 aromatic heterocycles. The maximum absolute atomic E-state index is 12.0. The number of aliphatic hydroxyl groups is 1. The molecule has 6 heteroatoms. The van der Waals surface area contributed by atoms with Gasteiger partial charge in [0, 0.05) is 0 Å². The maximum Gasteiger partial charge on any atom is 0.297 e. The molecule has 5 nitrogen and oxygen atoms in total. The van der Waals surface area contributed by atoms with Gasteiger partial charge >= 0.3 is 0 Å². The van der Waals surface area contributed by atoms with Crippen LogP contribution in [0.2, 0.25) is 0 Å². The average Bonchev–Trinajstić information content (AvgIpc) is 2.57. The van der Waals surface area contributed by atoms with Crippen LogP contribution in [-0.4, -0.2) is 32.8 Å². The lowest BCUT2D eigenvalue weighted by molar-refractivity contribution is -0.0214. The first kappa shape index (κ1) is 16.6. The van der Waals surface area contributed by atoms with E-state index in [1.54, 1.807) is 18.2 Å². The molecular formula is C16H18O5S. The summed E-state index contributed by atoms with van der Waals surface area (Å²) in [5.74, 6) is 0. The SMILES string of the molecule is O=S(=O)(OCC(CO)OCc1ccccc1)c1ccccc1. The molecule has 0 saturated heterocycles. The summed E-state index contributed by atoms with van der Waals surface area (Å²) in [6, 6.07) is 17.3. The van der Waals surface area contributed by atoms with E-state index < -0.39 is 16.2 Å². The highest BCUT2D eigenvalue weighted by Gasteiger charge is 2.18. The molecule has 0 spiro atoms. The van der Waals surface area contributed by atoms with Crippen molar-refractivity contribution in [2.75, 3.05) is 13.2 Å². The average molecular weight is 322 g/mol. The molecule has 2 aromatic carbocycles. The van der Waals surface area contributed by atoms with Gasteiger partial charge in [0.15, 0.2) is 0 Å². The Morgan fingerprint density at radius 1 is 0.955 bits per heavy atom. The molecule has 0 heterocycles. The predicted molar refractivity (Wildman–Crippen MR) is 81.7 cm³/mol. The lowest BCUT2D eigenvalue weighted by Crippen LogP contribution is -2.25. The molecule has 22 heavy (non-hydrogen) atoms. The highest BCUT2D eigenvalue weighted by atomic mass is 32.2. The van der Waals surface area contributed by atoms with Crippen LogP contribution in [0.4, 0.5) is 0 Å². The molecule has 1 atom stereocenters. The molecule has 0 bridgehead atoms. The van der Waals surface area contributed by atoms with Crippen LogP contribution in [0.5, 0.6) is 0 Å². The third-order valence-electron chi connectivity index (χ3n) is 2.97. The van der Waals surface area contributed by atoms with E-state index in [-0.39, 0.29) is 24.7 Å². The van der Waals surface area contributed by atoms with Crippen LogP contribution in [0.3, 0.4) is 0 Å². The van der Waals surface area contributed by atoms with Crippen LogP contribution in [-0.2, 0) is 25.6 Å². The zero-order valence-corrected chi connectivity index (χ0v) is 12.8. The number of rotatable bonds is 8. The van der Waals surface area contributed by atoms with Crippen molar-refractivity contribution in [3.63, 3.8) is 0 Å². The van der Waals surface area contributed by atoms with Crippen molar-refractivity contribution in [3.05, 3.63) is 66.2 Å². The Hall–Kier alpha value is -1.73. The topological polar surface area (TPSA) is 72.8 Å². The first-order valence-electron chi connectivity index (χ1n) is 6.82. The number of hydrogen-bond acceptors (Lipinski definition) is 5. The first-order valence-corrected chi connectivity index (χ1v) is 8.23. The summed E-state index contributed by atoms with van der Waals surface area (Å²) in [5.41, 5.74) is 0.937. The minimum absolute atomic E-state index is 0.0785. The highest BCUT2D eigenvalue weighted by Crippen LogP contribution is 2.12. The van der Waals surface area contributed by atoms with Crippen LogP contribution in [0, 0.1) is 0 Å². The molecule has 2 aromatic rings. The fourth-order valence-corrected chi connectivity index (χ4v) is 2.72. The number of aliphatic hydroxyl groups excluding tert-OH is 1. The molecule has 0 amide bonds. The Balaban J connectivity index is 1.88. The molecule has 1 unspecified atom stereocenters. The lowest BCUT2D eigenvalue weighted by atomic mass is 10.2. The predicted octanol–water partition coefficient (Wildman–Crippen LogP) is 1.97. The highest BCUT2D eigenvalue weighted by molar-refractivity contribution is 7.86. The Labute approximate surface area is 130 Å². The monoisotopic (exact) mass is 322 g/mol. The van der Waals surface area contributed by atoms with Gasteiger partial charge in [-0.1, -0.05) is 48.5 Å². The van der Waals surface area contributed by atoms with Gasteiger partial charge < -0.3 is 9.84 Å². The summed E-state index contributed by atoms with van der Waals surface area (Å²) >= 11 is 0. The summed E-state index contributed by atoms with van der Waals surface area (Å²) in [5, 5.41) is 9.27. The second-order valence-corrected chi connectivity index (χ2v) is 6.27. The normalized spacial score (nSPS) is 13.0. The molecular weight excluding hydrogens is 304 g/mol. The standard InChI is InChI=1S/C16H18O5S/c17-11-15(20-12-14-7-3-1-4-8-14)13-21-22(18,19)16-9-5-2-6-10-16/h1-10,15,17H,11-13H2. The maximum atomic E-state index is 12.0. The third kappa shape index (κ3) is 4.92. The molecule has 0 aliphatic rings. The van der Waals surface area contributed by atoms with Gasteiger partial charge in [0.1, 0.15) is 6.10 Å². The Morgan fingerprint density at radius 2 is 1.55 bits per heavy atom. The zero-order valence-electron chi connectivity index (χ0n) is 12.0. The van der Waals surface area contributed by atoms with Crippen molar-refractivity contribution in [1.82, 2.24) is 0 Å². The third-order valence-corrected chi connectivity index (χ3v) is 4.27. The number of benzene rings is 2. The van der Waals surface area contributed by atoms with Crippen LogP contribution in [0.15, 0.2) is 65.6 Å². The molecule has 0 aliphatic heterocycles. The Morgan fingerprint density at radius 3 is 2.14 bits per heavy atom. The molecule has 118 valence electrons. The zero-order chi connectivity index (χ0) is 15.8. The first-order chi connectivity index (χ1) is 10.6. The van der Waals surface area contributed by atoms with Crippen molar-refractivity contribution < 1.29 is 22.4 Å². The van der Waals surface area contributed by atoms with Gasteiger partial charge in [0.05, 0.1) is 24.7 Å². The summed E-state index contributed by atoms with van der Waals surface area (Å²) in [4.78, 5) is 0.0785. The van der Waals surface area contributed by atoms with Gasteiger partial charge in [-0.25, -0.2) is 0 Å². The molecule has 0 fully saturated rings. The van der Waals surface area contributed by atoms with Gasteiger partial charge in [-0.15, -0.1) is 0 Å². The quantitative estimate of drug-likeness (QED) is 0.752. The van der Waals surface area contributed by atoms with Gasteiger partial charge in [-0.05, 0) is 17.7 Å². The fraction of sp³-hybridized carbons (Fsp3) is 0.250. The summed E-state index contributed by atoms with van der Waals surface area (Å²) < 4.78 is 34.3. The number of hydrogen-bond donors (Lipinski definition) is 1. The van der Waals surface area contributed by atoms with E-state index in [2.05, 4.69) is 0 Å². The Kier molecular flexibility index (Phi) is 6.09. The molecule has 0 aliphatic carbocycles. The van der Waals surface area contributed by atoms with E-state index in [4.69, 9.17) is 8.92 Å². The van der Waals surface area contributed by atoms with Gasteiger partial charge in [0.25, 0.3) is 10.1 Å². The summed E-state index contributed by atoms with van der Waals surface area (Å²) in [7, 11) is -3.84. The van der Waals surface area contributed by atoms with Gasteiger partial charge in [-0.2, -0.15) is 8.42 Å². The minimum Gasteiger partial charge on any atom is -0.394 e. The fourth-order valence-electron chi connectivity index (χ4n) is 1.76. The lowest BCUT2D eigenvalue weighted by Gasteiger charge is -2.15. The summed E-state index contributed by atoms with van der Waals surface area (Å²) in [6.45, 7) is -0.279. The molecule has 2 rings (SSSR count). The van der Waals surface area contributed by atoms with E-state index in [0.717, 1.165) is 5.56 Å². The smallest absolute Gasteiger partial charge is 0.297 e. The molecule has 0 saturated carbocycles. The largest absolute Gasteiger partial charge is 0.394 e. The van der Waals surface area contributed by atoms with Gasteiger partial charge in [0.2, 0.25) is 0 Å². The van der Waals surface area contributed by atoms with Gasteiger partial charge in [-0.3, -0.25) is 4.18 Å². The molecule has 1 N–H and O–H groups in total. The van der Waals surface area contributed by atoms with E-state index in [1.165, 1.54) is 12.1 Å². The minimum atomic E-state index is -3.84. The van der Waals surface area contributed by atoms with Crippen molar-refractivity contribution in [3.8, 4) is 0 Å². The van der Waals surface area contributed by atoms with Crippen LogP contribution in [0.25, 0.3) is 0 Å². The van der Waals surface area contributed by atoms with E-state index in [0.29, 0.717) is 0 Å². The number of ether oxygens (including phenoxy) is 1. The van der Waals surface area contributed by atoms with E-state index >= 15 is 0 Å². The second kappa shape index (κ2) is 8.05. The van der Waals surface area contributed by atoms with E-state index in [1.807, 2.05) is 30.3 Å². The van der Waals surface area contributed by atoms with Crippen LogP contribution in [0.1, 0.15) is 5.56 Å². The van der Waals surface area contributed by atoms with Crippen molar-refractivity contribution >= 4 is 10.1 Å². The van der Waals surface area contributed by atoms with Crippen molar-refractivity contribution in [2.24, 2.45) is 0 Å². The van der Waals surface area contributed by atoms with Crippen LogP contribution < -0.4 is 0 Å². The van der Waals surface area contributed by atoms with Crippen molar-refractivity contribution in [1.29, 1.82) is 0 Å². The second-order valence-electron chi connectivity index (χ2n) is 4.65. The summed E-state index contributed by atoms with van der Waals surface area (Å²) in [6.07, 6.45) is -0.710. The molecule has 0 radical (unpaired) electrons. The Bertz CT molecular complexity index is 655. The van der Waals surface area contributed by atoms with Crippen LogP contribution >= 0.6 is 0 Å². The van der Waals surface area contributed by atoms with E-state index in [9.17, 15) is 13.5 Å². The van der Waals surface area contributed by atoms with Crippen molar-refractivity contribution in [2.45, 2.75) is 17.6 Å².